The van der Waals surface area contributed by atoms with E-state index in [0.29, 0.717) is 29.6 Å². The minimum atomic E-state index is -0.883. The topological polar surface area (TPSA) is 108 Å². The van der Waals surface area contributed by atoms with E-state index < -0.39 is 11.4 Å². The Balaban J connectivity index is 1.70. The normalized spacial score (nSPS) is 16.6. The fourth-order valence-electron chi connectivity index (χ4n) is 2.50. The van der Waals surface area contributed by atoms with Gasteiger partial charge in [-0.3, -0.25) is 9.59 Å². The van der Waals surface area contributed by atoms with E-state index in [4.69, 9.17) is 0 Å². The summed E-state index contributed by atoms with van der Waals surface area (Å²) in [6.07, 6.45) is 2.01. The smallest absolute Gasteiger partial charge is 0.310 e. The molecule has 1 saturated carbocycles. The van der Waals surface area contributed by atoms with Gasteiger partial charge in [0.05, 0.1) is 5.41 Å². The third-order valence-electron chi connectivity index (χ3n) is 3.86. The van der Waals surface area contributed by atoms with Crippen molar-refractivity contribution in [1.29, 1.82) is 0 Å². The number of nitrogens with zero attached hydrogens (tertiary/aromatic N) is 2. The first kappa shape index (κ1) is 12.6. The fraction of sp³-hybridized carbons (Fsp3) is 0.385. The number of fused-ring (bicyclic) bond motifs is 1. The number of aliphatic carboxylic acids is 1. The molecule has 7 nitrogen and oxygen atoms in total. The van der Waals surface area contributed by atoms with Crippen LogP contribution in [0.3, 0.4) is 0 Å². The minimum absolute atomic E-state index is 0.0131. The van der Waals surface area contributed by atoms with Gasteiger partial charge in [0.15, 0.2) is 0 Å². The van der Waals surface area contributed by atoms with Crippen LogP contribution in [0.1, 0.15) is 25.7 Å². The molecule has 0 radical (unpaired) electrons. The van der Waals surface area contributed by atoms with Crippen LogP contribution in [-0.4, -0.2) is 32.4 Å². The van der Waals surface area contributed by atoms with Crippen molar-refractivity contribution in [2.75, 3.05) is 5.32 Å². The molecule has 104 valence electrons. The van der Waals surface area contributed by atoms with Gasteiger partial charge in [-0.05, 0) is 31.0 Å². The number of carbonyl (C=O) groups excluding carboxylic acids is 1. The van der Waals surface area contributed by atoms with Gasteiger partial charge in [0, 0.05) is 12.1 Å². The second-order valence-electron chi connectivity index (χ2n) is 5.19. The number of H-pyrrole nitrogens is 1. The molecule has 1 aliphatic carbocycles. The first-order valence-corrected chi connectivity index (χ1v) is 6.43. The summed E-state index contributed by atoms with van der Waals surface area (Å²) in [5, 5.41) is 22.3. The van der Waals surface area contributed by atoms with Crippen LogP contribution in [0.15, 0.2) is 18.2 Å². The number of nitrogens with one attached hydrogen (secondary N) is 2. The second kappa shape index (κ2) is 4.59. The van der Waals surface area contributed by atoms with Crippen molar-refractivity contribution in [2.45, 2.75) is 25.7 Å². The van der Waals surface area contributed by atoms with Crippen LogP contribution in [-0.2, 0) is 9.59 Å². The molecule has 0 atom stereocenters. The molecule has 3 N–H and O–H groups in total. The molecule has 7 heteroatoms. The summed E-state index contributed by atoms with van der Waals surface area (Å²) < 4.78 is 0. The molecule has 1 amide bonds. The molecule has 0 saturated heterocycles. The molecule has 1 aromatic carbocycles. The van der Waals surface area contributed by atoms with Crippen molar-refractivity contribution in [3.63, 3.8) is 0 Å². The quantitative estimate of drug-likeness (QED) is 0.783. The molecule has 1 heterocycles. The number of carboxylic acid groups (broad SMARTS) is 1. The van der Waals surface area contributed by atoms with Crippen molar-refractivity contribution in [1.82, 2.24) is 15.4 Å². The summed E-state index contributed by atoms with van der Waals surface area (Å²) >= 11 is 0. The van der Waals surface area contributed by atoms with E-state index in [9.17, 15) is 14.7 Å². The van der Waals surface area contributed by atoms with Crippen molar-refractivity contribution in [2.24, 2.45) is 5.41 Å². The van der Waals surface area contributed by atoms with Crippen LogP contribution in [0.25, 0.3) is 11.0 Å². The molecule has 0 unspecified atom stereocenters. The number of carboxylic acids is 1. The minimum Gasteiger partial charge on any atom is -0.481 e. The number of hydrogen-bond acceptors (Lipinski definition) is 4. The molecular weight excluding hydrogens is 260 g/mol. The summed E-state index contributed by atoms with van der Waals surface area (Å²) in [7, 11) is 0. The lowest BCUT2D eigenvalue weighted by Crippen LogP contribution is -2.41. The summed E-state index contributed by atoms with van der Waals surface area (Å²) in [5.41, 5.74) is 1.09. The Hall–Kier alpha value is -2.44. The molecule has 0 aliphatic heterocycles. The standard InChI is InChI=1S/C13H14N4O3/c18-11(7-13(12(19)20)4-1-5-13)14-8-2-3-9-10(6-8)16-17-15-9/h2-3,6H,1,4-5,7H2,(H,14,18)(H,19,20)(H,15,16,17). The van der Waals surface area contributed by atoms with E-state index in [-0.39, 0.29) is 12.3 Å². The maximum Gasteiger partial charge on any atom is 0.310 e. The van der Waals surface area contributed by atoms with Crippen LogP contribution in [0.4, 0.5) is 5.69 Å². The third-order valence-corrected chi connectivity index (χ3v) is 3.86. The molecule has 3 rings (SSSR count). The van der Waals surface area contributed by atoms with Gasteiger partial charge >= 0.3 is 5.97 Å². The molecule has 20 heavy (non-hydrogen) atoms. The van der Waals surface area contributed by atoms with Crippen molar-refractivity contribution in [3.05, 3.63) is 18.2 Å². The Kier molecular flexibility index (Phi) is 2.89. The van der Waals surface area contributed by atoms with Crippen LogP contribution in [0, 0.1) is 5.41 Å². The maximum atomic E-state index is 12.0. The van der Waals surface area contributed by atoms with Crippen molar-refractivity contribution in [3.8, 4) is 0 Å². The monoisotopic (exact) mass is 274 g/mol. The number of amides is 1. The van der Waals surface area contributed by atoms with E-state index >= 15 is 0 Å². The Morgan fingerprint density at radius 3 is 2.70 bits per heavy atom. The Bertz CT molecular complexity index is 675. The third kappa shape index (κ3) is 2.11. The lowest BCUT2D eigenvalue weighted by molar-refractivity contribution is -0.157. The molecule has 2 aromatic rings. The zero-order chi connectivity index (χ0) is 14.2. The van der Waals surface area contributed by atoms with Gasteiger partial charge in [-0.25, -0.2) is 0 Å². The SMILES string of the molecule is O=C(CC1(C(=O)O)CCC1)Nc1ccc2n[nH]nc2c1. The first-order valence-electron chi connectivity index (χ1n) is 6.43. The highest BCUT2D eigenvalue weighted by Gasteiger charge is 2.45. The maximum absolute atomic E-state index is 12.0. The van der Waals surface area contributed by atoms with Crippen LogP contribution >= 0.6 is 0 Å². The number of rotatable bonds is 4. The van der Waals surface area contributed by atoms with Gasteiger partial charge in [0.1, 0.15) is 11.0 Å². The average molecular weight is 274 g/mol. The summed E-state index contributed by atoms with van der Waals surface area (Å²) in [6.45, 7) is 0. The predicted octanol–water partition coefficient (Wildman–Crippen LogP) is 1.54. The number of aromatic amines is 1. The fourth-order valence-corrected chi connectivity index (χ4v) is 2.50. The lowest BCUT2D eigenvalue weighted by atomic mass is 9.66. The highest BCUT2D eigenvalue weighted by molar-refractivity contribution is 5.95. The molecule has 0 bridgehead atoms. The highest BCUT2D eigenvalue weighted by atomic mass is 16.4. The van der Waals surface area contributed by atoms with E-state index in [1.54, 1.807) is 18.2 Å². The average Bonchev–Trinajstić information content (AvgIpc) is 2.80. The van der Waals surface area contributed by atoms with Gasteiger partial charge in [-0.2, -0.15) is 15.4 Å². The number of aromatic nitrogens is 3. The van der Waals surface area contributed by atoms with Crippen molar-refractivity contribution >= 4 is 28.6 Å². The van der Waals surface area contributed by atoms with Crippen molar-refractivity contribution < 1.29 is 14.7 Å². The Morgan fingerprint density at radius 2 is 2.05 bits per heavy atom. The zero-order valence-electron chi connectivity index (χ0n) is 10.7. The van der Waals surface area contributed by atoms with E-state index in [1.807, 2.05) is 0 Å². The largest absolute Gasteiger partial charge is 0.481 e. The van der Waals surface area contributed by atoms with Crippen LogP contribution in [0.2, 0.25) is 0 Å². The van der Waals surface area contributed by atoms with Gasteiger partial charge in [0.2, 0.25) is 5.91 Å². The van der Waals surface area contributed by atoms with Gasteiger partial charge < -0.3 is 10.4 Å². The predicted molar refractivity (Wildman–Crippen MR) is 71.1 cm³/mol. The molecule has 1 aromatic heterocycles. The summed E-state index contributed by atoms with van der Waals surface area (Å²) in [4.78, 5) is 23.2. The van der Waals surface area contributed by atoms with Gasteiger partial charge in [-0.1, -0.05) is 6.42 Å². The van der Waals surface area contributed by atoms with Gasteiger partial charge in [0.25, 0.3) is 0 Å². The highest BCUT2D eigenvalue weighted by Crippen LogP contribution is 2.44. The van der Waals surface area contributed by atoms with E-state index in [2.05, 4.69) is 20.7 Å². The lowest BCUT2D eigenvalue weighted by Gasteiger charge is -2.36. The Morgan fingerprint density at radius 1 is 1.30 bits per heavy atom. The van der Waals surface area contributed by atoms with Crippen LogP contribution < -0.4 is 5.32 Å². The summed E-state index contributed by atoms with van der Waals surface area (Å²) in [6, 6.07) is 5.16. The second-order valence-corrected chi connectivity index (χ2v) is 5.19. The number of hydrogen-bond donors (Lipinski definition) is 3. The summed E-state index contributed by atoms with van der Waals surface area (Å²) in [5.74, 6) is -1.17. The zero-order valence-corrected chi connectivity index (χ0v) is 10.7. The molecule has 0 spiro atoms. The van der Waals surface area contributed by atoms with Gasteiger partial charge in [-0.15, -0.1) is 0 Å². The van der Waals surface area contributed by atoms with E-state index in [1.165, 1.54) is 0 Å². The molecule has 1 fully saturated rings. The van der Waals surface area contributed by atoms with Crippen LogP contribution in [0.5, 0.6) is 0 Å². The Labute approximate surface area is 114 Å². The molecule has 1 aliphatic rings. The number of benzene rings is 1. The molecular formula is C13H14N4O3. The first-order chi connectivity index (χ1) is 9.59. The number of anilines is 1. The van der Waals surface area contributed by atoms with E-state index in [0.717, 1.165) is 6.42 Å². The number of carbonyl (C=O) groups is 2.